The van der Waals surface area contributed by atoms with E-state index in [0.29, 0.717) is 22.3 Å². The van der Waals surface area contributed by atoms with Crippen LogP contribution in [0.2, 0.25) is 5.02 Å². The van der Waals surface area contributed by atoms with Crippen molar-refractivity contribution >= 4 is 27.5 Å². The van der Waals surface area contributed by atoms with Crippen LogP contribution in [0, 0.1) is 0 Å². The van der Waals surface area contributed by atoms with E-state index in [-0.39, 0.29) is 6.04 Å². The third kappa shape index (κ3) is 2.11. The topological polar surface area (TPSA) is 64.9 Å². The molecule has 1 unspecified atom stereocenters. The molecule has 1 aromatic carbocycles. The maximum absolute atomic E-state index is 6.11. The van der Waals surface area contributed by atoms with Gasteiger partial charge in [-0.05, 0) is 35.0 Å². The van der Waals surface area contributed by atoms with E-state index >= 15 is 0 Å². The molecule has 0 spiro atoms. The van der Waals surface area contributed by atoms with E-state index in [4.69, 9.17) is 21.9 Å². The van der Waals surface area contributed by atoms with E-state index < -0.39 is 0 Å². The summed E-state index contributed by atoms with van der Waals surface area (Å²) < 4.78 is 5.89. The average Bonchev–Trinajstić information content (AvgIpc) is 2.71. The van der Waals surface area contributed by atoms with E-state index in [1.165, 1.54) is 0 Å². The molecule has 0 aliphatic heterocycles. The van der Waals surface area contributed by atoms with Crippen LogP contribution in [0.3, 0.4) is 0 Å². The van der Waals surface area contributed by atoms with Crippen molar-refractivity contribution in [1.82, 2.24) is 10.1 Å². The highest BCUT2D eigenvalue weighted by Crippen LogP contribution is 2.32. The molecule has 2 rings (SSSR count). The standard InChI is InChI=1S/C10H9BrClN3O/c1-5(13)9-14-10(16-15-9)6-3-2-4-7(11)8(6)12/h2-5H,13H2,1H3. The lowest BCUT2D eigenvalue weighted by Gasteiger charge is -2.00. The fourth-order valence-electron chi connectivity index (χ4n) is 1.20. The second-order valence-corrected chi connectivity index (χ2v) is 4.58. The first kappa shape index (κ1) is 11.6. The Morgan fingerprint density at radius 3 is 2.88 bits per heavy atom. The van der Waals surface area contributed by atoms with Crippen molar-refractivity contribution in [1.29, 1.82) is 0 Å². The molecule has 2 aromatic rings. The number of benzene rings is 1. The van der Waals surface area contributed by atoms with Crippen molar-refractivity contribution in [2.24, 2.45) is 5.73 Å². The van der Waals surface area contributed by atoms with Crippen LogP contribution in [-0.2, 0) is 0 Å². The normalized spacial score (nSPS) is 12.8. The molecule has 1 atom stereocenters. The minimum atomic E-state index is -0.261. The van der Waals surface area contributed by atoms with Gasteiger partial charge in [0, 0.05) is 4.47 Å². The monoisotopic (exact) mass is 301 g/mol. The van der Waals surface area contributed by atoms with Crippen LogP contribution in [0.25, 0.3) is 11.5 Å². The SMILES string of the molecule is CC(N)c1noc(-c2cccc(Br)c2Cl)n1. The highest BCUT2D eigenvalue weighted by molar-refractivity contribution is 9.10. The van der Waals surface area contributed by atoms with Gasteiger partial charge in [0.05, 0.1) is 16.6 Å². The fourth-order valence-corrected chi connectivity index (χ4v) is 1.77. The number of rotatable bonds is 2. The van der Waals surface area contributed by atoms with Crippen molar-refractivity contribution in [3.63, 3.8) is 0 Å². The van der Waals surface area contributed by atoms with Crippen LogP contribution >= 0.6 is 27.5 Å². The molecular weight excluding hydrogens is 293 g/mol. The highest BCUT2D eigenvalue weighted by Gasteiger charge is 2.15. The summed E-state index contributed by atoms with van der Waals surface area (Å²) in [5.74, 6) is 0.838. The molecule has 0 aliphatic carbocycles. The molecule has 1 heterocycles. The van der Waals surface area contributed by atoms with Crippen molar-refractivity contribution in [3.05, 3.63) is 33.5 Å². The zero-order chi connectivity index (χ0) is 11.7. The molecule has 1 aromatic heterocycles. The summed E-state index contributed by atoms with van der Waals surface area (Å²) in [5, 5.41) is 4.32. The molecule has 4 nitrogen and oxygen atoms in total. The molecule has 2 N–H and O–H groups in total. The van der Waals surface area contributed by atoms with E-state index in [1.807, 2.05) is 18.2 Å². The van der Waals surface area contributed by atoms with E-state index in [0.717, 1.165) is 4.47 Å². The van der Waals surface area contributed by atoms with Gasteiger partial charge in [0.25, 0.3) is 5.89 Å². The Kier molecular flexibility index (Phi) is 3.28. The summed E-state index contributed by atoms with van der Waals surface area (Å²) in [6.07, 6.45) is 0. The summed E-state index contributed by atoms with van der Waals surface area (Å²) in [6, 6.07) is 5.24. The predicted octanol–water partition coefficient (Wildman–Crippen LogP) is 3.17. The predicted molar refractivity (Wildman–Crippen MR) is 65.0 cm³/mol. The Morgan fingerprint density at radius 1 is 1.50 bits per heavy atom. The van der Waals surface area contributed by atoms with Crippen LogP contribution in [0.1, 0.15) is 18.8 Å². The molecule has 84 valence electrons. The maximum atomic E-state index is 6.11. The van der Waals surface area contributed by atoms with E-state index in [1.54, 1.807) is 6.92 Å². The third-order valence-corrected chi connectivity index (χ3v) is 3.33. The van der Waals surface area contributed by atoms with Crippen molar-refractivity contribution in [3.8, 4) is 11.5 Å². The Morgan fingerprint density at radius 2 is 2.25 bits per heavy atom. The largest absolute Gasteiger partial charge is 0.334 e. The highest BCUT2D eigenvalue weighted by atomic mass is 79.9. The summed E-state index contributed by atoms with van der Waals surface area (Å²) in [6.45, 7) is 1.79. The van der Waals surface area contributed by atoms with Gasteiger partial charge < -0.3 is 10.3 Å². The van der Waals surface area contributed by atoms with Gasteiger partial charge in [-0.15, -0.1) is 0 Å². The minimum Gasteiger partial charge on any atom is -0.334 e. The number of hydrogen-bond acceptors (Lipinski definition) is 4. The van der Waals surface area contributed by atoms with Crippen LogP contribution < -0.4 is 5.73 Å². The molecule has 0 amide bonds. The fraction of sp³-hybridized carbons (Fsp3) is 0.200. The lowest BCUT2D eigenvalue weighted by molar-refractivity contribution is 0.418. The Hall–Kier alpha value is -0.910. The molecule has 0 aliphatic rings. The van der Waals surface area contributed by atoms with Crippen LogP contribution in [-0.4, -0.2) is 10.1 Å². The van der Waals surface area contributed by atoms with Gasteiger partial charge in [0.2, 0.25) is 0 Å². The van der Waals surface area contributed by atoms with Crippen LogP contribution in [0.15, 0.2) is 27.2 Å². The van der Waals surface area contributed by atoms with Crippen molar-refractivity contribution in [2.75, 3.05) is 0 Å². The molecule has 0 fully saturated rings. The summed E-state index contributed by atoms with van der Waals surface area (Å²) >= 11 is 9.44. The number of halogens is 2. The Balaban J connectivity index is 2.47. The number of nitrogens with zero attached hydrogens (tertiary/aromatic N) is 2. The minimum absolute atomic E-state index is 0.261. The van der Waals surface area contributed by atoms with E-state index in [2.05, 4.69) is 26.1 Å². The van der Waals surface area contributed by atoms with Crippen LogP contribution in [0.4, 0.5) is 0 Å². The summed E-state index contributed by atoms with van der Waals surface area (Å²) in [7, 11) is 0. The van der Waals surface area contributed by atoms with Gasteiger partial charge >= 0.3 is 0 Å². The first-order chi connectivity index (χ1) is 7.59. The smallest absolute Gasteiger partial charge is 0.259 e. The van der Waals surface area contributed by atoms with Gasteiger partial charge in [0.15, 0.2) is 5.82 Å². The van der Waals surface area contributed by atoms with Crippen molar-refractivity contribution < 1.29 is 4.52 Å². The number of aromatic nitrogens is 2. The van der Waals surface area contributed by atoms with Gasteiger partial charge in [-0.25, -0.2) is 0 Å². The Labute approximate surface area is 106 Å². The lowest BCUT2D eigenvalue weighted by Crippen LogP contribution is -2.06. The molecule has 0 saturated heterocycles. The zero-order valence-electron chi connectivity index (χ0n) is 8.45. The lowest BCUT2D eigenvalue weighted by atomic mass is 10.2. The second kappa shape index (κ2) is 4.53. The van der Waals surface area contributed by atoms with Gasteiger partial charge in [-0.2, -0.15) is 4.98 Å². The van der Waals surface area contributed by atoms with E-state index in [9.17, 15) is 0 Å². The van der Waals surface area contributed by atoms with Gasteiger partial charge in [-0.1, -0.05) is 22.8 Å². The molecular formula is C10H9BrClN3O. The first-order valence-electron chi connectivity index (χ1n) is 4.63. The van der Waals surface area contributed by atoms with Gasteiger partial charge in [-0.3, -0.25) is 0 Å². The van der Waals surface area contributed by atoms with Crippen molar-refractivity contribution in [2.45, 2.75) is 13.0 Å². The third-order valence-electron chi connectivity index (χ3n) is 2.03. The van der Waals surface area contributed by atoms with Crippen LogP contribution in [0.5, 0.6) is 0 Å². The summed E-state index contributed by atoms with van der Waals surface area (Å²) in [4.78, 5) is 4.17. The average molecular weight is 303 g/mol. The molecule has 0 radical (unpaired) electrons. The number of nitrogens with two attached hydrogens (primary N) is 1. The molecule has 6 heteroatoms. The Bertz CT molecular complexity index is 513. The first-order valence-corrected chi connectivity index (χ1v) is 5.80. The number of hydrogen-bond donors (Lipinski definition) is 1. The maximum Gasteiger partial charge on any atom is 0.259 e. The zero-order valence-corrected chi connectivity index (χ0v) is 10.8. The molecule has 0 saturated carbocycles. The van der Waals surface area contributed by atoms with Gasteiger partial charge in [0.1, 0.15) is 0 Å². The molecule has 16 heavy (non-hydrogen) atoms. The second-order valence-electron chi connectivity index (χ2n) is 3.35. The molecule has 0 bridgehead atoms. The summed E-state index contributed by atoms with van der Waals surface area (Å²) in [5.41, 5.74) is 6.34. The quantitative estimate of drug-likeness (QED) is 0.925.